The van der Waals surface area contributed by atoms with Crippen molar-refractivity contribution in [2.45, 2.75) is 32.8 Å². The van der Waals surface area contributed by atoms with Gasteiger partial charge in [-0.25, -0.2) is 9.18 Å². The molecule has 1 N–H and O–H groups in total. The van der Waals surface area contributed by atoms with E-state index in [2.05, 4.69) is 34.4 Å². The maximum absolute atomic E-state index is 14.7. The van der Waals surface area contributed by atoms with Crippen LogP contribution in [0.4, 0.5) is 14.9 Å². The highest BCUT2D eigenvalue weighted by Crippen LogP contribution is 2.39. The fourth-order valence-corrected chi connectivity index (χ4v) is 4.48. The second-order valence-electron chi connectivity index (χ2n) is 8.75. The zero-order valence-corrected chi connectivity index (χ0v) is 19.4. The van der Waals surface area contributed by atoms with E-state index in [9.17, 15) is 9.18 Å². The van der Waals surface area contributed by atoms with Gasteiger partial charge in [0, 0.05) is 42.0 Å². The zero-order chi connectivity index (χ0) is 22.9. The summed E-state index contributed by atoms with van der Waals surface area (Å²) in [5, 5.41) is 2.53. The molecule has 0 bridgehead atoms. The number of ether oxygens (including phenoxy) is 2. The summed E-state index contributed by atoms with van der Waals surface area (Å²) in [6.07, 6.45) is 4.24. The molecule has 1 aliphatic rings. The van der Waals surface area contributed by atoms with Crippen LogP contribution in [0.25, 0.3) is 15.8 Å². The van der Waals surface area contributed by atoms with Gasteiger partial charge in [-0.15, -0.1) is 11.3 Å². The number of carbonyl (C=O) groups is 1. The van der Waals surface area contributed by atoms with E-state index in [0.717, 1.165) is 34.6 Å². The Hall–Kier alpha value is -2.97. The highest BCUT2D eigenvalue weighted by molar-refractivity contribution is 7.20. The number of likely N-dealkylation sites (N-methyl/N-ethyl adjacent to an activating group) is 1. The molecule has 3 heterocycles. The molecule has 3 aromatic rings. The molecule has 168 valence electrons. The van der Waals surface area contributed by atoms with Crippen LogP contribution < -0.4 is 10.1 Å². The van der Waals surface area contributed by atoms with Crippen LogP contribution in [0.2, 0.25) is 0 Å². The van der Waals surface area contributed by atoms with Gasteiger partial charge in [-0.05, 0) is 58.0 Å². The average molecular weight is 456 g/mol. The SMILES string of the molecule is CN1CC=C(c2cc3nccc(Oc4ccc(NC(=O)OC(C)(C)C)cc4F)c3s2)CC1. The number of hydrogen-bond donors (Lipinski definition) is 1. The van der Waals surface area contributed by atoms with Gasteiger partial charge in [-0.1, -0.05) is 6.08 Å². The van der Waals surface area contributed by atoms with Gasteiger partial charge in [0.25, 0.3) is 0 Å². The van der Waals surface area contributed by atoms with Crippen molar-refractivity contribution >= 4 is 38.9 Å². The van der Waals surface area contributed by atoms with Crippen LogP contribution in [0.5, 0.6) is 11.5 Å². The Morgan fingerprint density at radius 3 is 2.72 bits per heavy atom. The van der Waals surface area contributed by atoms with Gasteiger partial charge in [0.1, 0.15) is 11.4 Å². The maximum Gasteiger partial charge on any atom is 0.412 e. The number of thiophene rings is 1. The number of nitrogens with zero attached hydrogens (tertiary/aromatic N) is 2. The fourth-order valence-electron chi connectivity index (χ4n) is 3.35. The highest BCUT2D eigenvalue weighted by Gasteiger charge is 2.18. The molecule has 8 heteroatoms. The lowest BCUT2D eigenvalue weighted by Gasteiger charge is -2.21. The molecule has 32 heavy (non-hydrogen) atoms. The third-order valence-corrected chi connectivity index (χ3v) is 6.12. The van der Waals surface area contributed by atoms with E-state index in [1.54, 1.807) is 50.4 Å². The van der Waals surface area contributed by atoms with E-state index >= 15 is 0 Å². The molecule has 1 aliphatic heterocycles. The maximum atomic E-state index is 14.7. The van der Waals surface area contributed by atoms with Gasteiger partial charge >= 0.3 is 6.09 Å². The monoisotopic (exact) mass is 455 g/mol. The lowest BCUT2D eigenvalue weighted by Crippen LogP contribution is -2.27. The predicted molar refractivity (Wildman–Crippen MR) is 126 cm³/mol. The minimum Gasteiger partial charge on any atom is -0.453 e. The van der Waals surface area contributed by atoms with Crippen molar-refractivity contribution in [3.8, 4) is 11.5 Å². The molecule has 0 saturated carbocycles. The Labute approximate surface area is 190 Å². The summed E-state index contributed by atoms with van der Waals surface area (Å²) in [6.45, 7) is 7.23. The number of rotatable bonds is 4. The number of pyridine rings is 1. The van der Waals surface area contributed by atoms with E-state index in [1.807, 2.05) is 0 Å². The molecule has 0 atom stereocenters. The molecule has 0 spiro atoms. The van der Waals surface area contributed by atoms with Gasteiger partial charge in [0.05, 0.1) is 10.2 Å². The van der Waals surface area contributed by atoms with Gasteiger partial charge in [0.2, 0.25) is 0 Å². The quantitative estimate of drug-likeness (QED) is 0.501. The first-order chi connectivity index (χ1) is 15.2. The normalized spacial score (nSPS) is 14.8. The van der Waals surface area contributed by atoms with Crippen LogP contribution >= 0.6 is 11.3 Å². The van der Waals surface area contributed by atoms with Crippen LogP contribution in [0.15, 0.2) is 42.6 Å². The minimum absolute atomic E-state index is 0.0701. The summed E-state index contributed by atoms with van der Waals surface area (Å²) in [5.41, 5.74) is 1.78. The summed E-state index contributed by atoms with van der Waals surface area (Å²) in [4.78, 5) is 19.8. The summed E-state index contributed by atoms with van der Waals surface area (Å²) in [7, 11) is 2.11. The first kappa shape index (κ1) is 22.2. The smallest absolute Gasteiger partial charge is 0.412 e. The number of fused-ring (bicyclic) bond motifs is 1. The van der Waals surface area contributed by atoms with Gasteiger partial charge in [-0.3, -0.25) is 10.3 Å². The lowest BCUT2D eigenvalue weighted by molar-refractivity contribution is 0.0636. The molecule has 1 amide bonds. The zero-order valence-electron chi connectivity index (χ0n) is 18.6. The number of halogens is 1. The van der Waals surface area contributed by atoms with Crippen LogP contribution in [0.1, 0.15) is 32.1 Å². The molecule has 4 rings (SSSR count). The molecule has 0 radical (unpaired) electrons. The largest absolute Gasteiger partial charge is 0.453 e. The number of anilines is 1. The summed E-state index contributed by atoms with van der Waals surface area (Å²) < 4.78 is 26.7. The molecule has 0 aliphatic carbocycles. The Morgan fingerprint density at radius 2 is 2.03 bits per heavy atom. The number of benzene rings is 1. The minimum atomic E-state index is -0.643. The summed E-state index contributed by atoms with van der Waals surface area (Å²) >= 11 is 1.60. The Kier molecular flexibility index (Phi) is 6.17. The van der Waals surface area contributed by atoms with Crippen molar-refractivity contribution in [2.75, 3.05) is 25.5 Å². The van der Waals surface area contributed by atoms with Gasteiger partial charge in [-0.2, -0.15) is 0 Å². The number of aromatic nitrogens is 1. The molecular weight excluding hydrogens is 429 g/mol. The number of amides is 1. The Morgan fingerprint density at radius 1 is 1.22 bits per heavy atom. The van der Waals surface area contributed by atoms with E-state index < -0.39 is 17.5 Å². The van der Waals surface area contributed by atoms with Crippen molar-refractivity contribution in [3.63, 3.8) is 0 Å². The van der Waals surface area contributed by atoms with Crippen molar-refractivity contribution in [3.05, 3.63) is 53.3 Å². The van der Waals surface area contributed by atoms with E-state index in [0.29, 0.717) is 5.75 Å². The highest BCUT2D eigenvalue weighted by atomic mass is 32.1. The van der Waals surface area contributed by atoms with Crippen molar-refractivity contribution < 1.29 is 18.7 Å². The summed E-state index contributed by atoms with van der Waals surface area (Å²) in [6, 6.07) is 8.07. The first-order valence-corrected chi connectivity index (χ1v) is 11.2. The van der Waals surface area contributed by atoms with Crippen molar-refractivity contribution in [2.24, 2.45) is 0 Å². The number of hydrogen-bond acceptors (Lipinski definition) is 6. The molecule has 0 saturated heterocycles. The van der Waals surface area contributed by atoms with Crippen LogP contribution in [0.3, 0.4) is 0 Å². The molecule has 1 aromatic carbocycles. The van der Waals surface area contributed by atoms with E-state index in [4.69, 9.17) is 9.47 Å². The summed E-state index contributed by atoms with van der Waals surface area (Å²) in [5.74, 6) is 0.0329. The fraction of sp³-hybridized carbons (Fsp3) is 0.333. The van der Waals surface area contributed by atoms with Crippen LogP contribution in [0, 0.1) is 5.82 Å². The molecular formula is C24H26FN3O3S. The van der Waals surface area contributed by atoms with Gasteiger partial charge in [0.15, 0.2) is 11.6 Å². The average Bonchev–Trinajstić information content (AvgIpc) is 3.14. The third-order valence-electron chi connectivity index (χ3n) is 4.90. The van der Waals surface area contributed by atoms with Crippen LogP contribution in [-0.2, 0) is 4.74 Å². The lowest BCUT2D eigenvalue weighted by atomic mass is 10.1. The molecule has 6 nitrogen and oxygen atoms in total. The Balaban J connectivity index is 1.54. The topological polar surface area (TPSA) is 63.7 Å². The van der Waals surface area contributed by atoms with E-state index in [-0.39, 0.29) is 11.4 Å². The molecule has 0 fully saturated rings. The van der Waals surface area contributed by atoms with E-state index in [1.165, 1.54) is 17.7 Å². The van der Waals surface area contributed by atoms with Crippen molar-refractivity contribution in [1.82, 2.24) is 9.88 Å². The first-order valence-electron chi connectivity index (χ1n) is 10.4. The second kappa shape index (κ2) is 8.88. The predicted octanol–water partition coefficient (Wildman–Crippen LogP) is 6.29. The third kappa shape index (κ3) is 5.26. The number of carbonyl (C=O) groups excluding carboxylic acids is 1. The standard InChI is InChI=1S/C24H26FN3O3S/c1-24(2,3)31-23(29)27-16-5-6-19(17(25)13-16)30-20-7-10-26-18-14-21(32-22(18)20)15-8-11-28(4)12-9-15/h5-8,10,13-14H,9,11-12H2,1-4H3,(H,27,29). The molecule has 2 aromatic heterocycles. The Bertz CT molecular complexity index is 1180. The number of nitrogens with one attached hydrogen (secondary N) is 1. The van der Waals surface area contributed by atoms with Crippen LogP contribution in [-0.4, -0.2) is 41.7 Å². The van der Waals surface area contributed by atoms with Gasteiger partial charge < -0.3 is 14.4 Å². The molecule has 0 unspecified atom stereocenters. The van der Waals surface area contributed by atoms with Crippen molar-refractivity contribution in [1.29, 1.82) is 0 Å². The second-order valence-corrected chi connectivity index (χ2v) is 9.80.